The van der Waals surface area contributed by atoms with Crippen LogP contribution >= 0.6 is 23.5 Å². The summed E-state index contributed by atoms with van der Waals surface area (Å²) < 4.78 is 123. The molecule has 1 fully saturated rings. The number of pyridine rings is 1. The van der Waals surface area contributed by atoms with Crippen LogP contribution in [0.1, 0.15) is 30.3 Å². The molecule has 4 heterocycles. The van der Waals surface area contributed by atoms with Gasteiger partial charge in [-0.05, 0) is 68.1 Å². The van der Waals surface area contributed by atoms with Crippen LogP contribution in [0.3, 0.4) is 0 Å². The van der Waals surface area contributed by atoms with E-state index in [-0.39, 0.29) is 35.3 Å². The highest BCUT2D eigenvalue weighted by Crippen LogP contribution is 2.39. The van der Waals surface area contributed by atoms with Crippen molar-refractivity contribution < 1.29 is 39.5 Å². The molecule has 0 amide bonds. The number of anilines is 2. The van der Waals surface area contributed by atoms with Crippen molar-refractivity contribution in [2.75, 3.05) is 36.5 Å². The highest BCUT2D eigenvalue weighted by molar-refractivity contribution is 7.97. The van der Waals surface area contributed by atoms with E-state index in [1.165, 1.54) is 46.3 Å². The van der Waals surface area contributed by atoms with E-state index in [1.807, 2.05) is 13.2 Å². The summed E-state index contributed by atoms with van der Waals surface area (Å²) in [5.41, 5.74) is -3.16. The van der Waals surface area contributed by atoms with Crippen molar-refractivity contribution in [2.24, 2.45) is 4.40 Å². The zero-order valence-electron chi connectivity index (χ0n) is 23.9. The van der Waals surface area contributed by atoms with E-state index in [0.29, 0.717) is 36.1 Å². The zero-order valence-corrected chi connectivity index (χ0v) is 25.5. The van der Waals surface area contributed by atoms with Gasteiger partial charge < -0.3 is 10.2 Å². The van der Waals surface area contributed by atoms with Crippen molar-refractivity contribution in [3.05, 3.63) is 53.5 Å². The molecule has 0 radical (unpaired) electrons. The minimum absolute atomic E-state index is 0.00308. The molecular formula is C26H27F9N8S2. The van der Waals surface area contributed by atoms with E-state index >= 15 is 0 Å². The largest absolute Gasteiger partial charge is 0.416 e. The lowest BCUT2D eigenvalue weighted by atomic mass is 10.00. The molecule has 4 aromatic rings. The fraction of sp³-hybridized carbons (Fsp3) is 0.423. The second kappa shape index (κ2) is 15.6. The number of hydrogen-bond donors (Lipinski definition) is 1. The van der Waals surface area contributed by atoms with Gasteiger partial charge in [-0.25, -0.2) is 27.1 Å². The van der Waals surface area contributed by atoms with E-state index < -0.39 is 42.6 Å². The molecule has 5 rings (SSSR count). The molecular weight excluding hydrogens is 659 g/mol. The number of piperidine rings is 1. The minimum Gasteiger partial charge on any atom is -0.347 e. The van der Waals surface area contributed by atoms with Crippen LogP contribution in [-0.2, 0) is 12.4 Å². The van der Waals surface area contributed by atoms with Crippen LogP contribution in [0.15, 0.2) is 40.9 Å². The Labute approximate surface area is 260 Å². The number of rotatable bonds is 5. The van der Waals surface area contributed by atoms with Crippen LogP contribution in [0.2, 0.25) is 0 Å². The molecule has 19 heteroatoms. The number of nitrogens with zero attached hydrogens (tertiary/aromatic N) is 7. The third kappa shape index (κ3) is 9.69. The van der Waals surface area contributed by atoms with Crippen LogP contribution in [0.4, 0.5) is 50.6 Å². The molecule has 1 aromatic carbocycles. The Bertz CT molecular complexity index is 1520. The van der Waals surface area contributed by atoms with Crippen LogP contribution < -0.4 is 10.2 Å². The van der Waals surface area contributed by atoms with Crippen LogP contribution in [0, 0.1) is 6.92 Å². The topological polar surface area (TPSA) is 83.6 Å². The monoisotopic (exact) mass is 686 g/mol. The quantitative estimate of drug-likeness (QED) is 0.130. The predicted octanol–water partition coefficient (Wildman–Crippen LogP) is 7.86. The van der Waals surface area contributed by atoms with E-state index in [4.69, 9.17) is 0 Å². The summed E-state index contributed by atoms with van der Waals surface area (Å²) >= 11 is 2.65. The number of nitrogens with one attached hydrogen (secondary N) is 1. The summed E-state index contributed by atoms with van der Waals surface area (Å²) in [4.78, 5) is 10.3. The third-order valence-electron chi connectivity index (χ3n) is 6.12. The Morgan fingerprint density at radius 2 is 1.73 bits per heavy atom. The molecule has 3 aromatic heterocycles. The van der Waals surface area contributed by atoms with Gasteiger partial charge in [-0.1, -0.05) is 0 Å². The van der Waals surface area contributed by atoms with Crippen molar-refractivity contribution in [3.8, 4) is 11.1 Å². The number of hydrogen-bond acceptors (Lipinski definition) is 9. The molecule has 1 aliphatic rings. The second-order valence-corrected chi connectivity index (χ2v) is 10.5. The van der Waals surface area contributed by atoms with E-state index in [9.17, 15) is 39.5 Å². The number of benzene rings is 1. The third-order valence-corrected chi connectivity index (χ3v) is 7.41. The number of aryl methyl sites for hydroxylation is 1. The molecule has 0 aliphatic carbocycles. The van der Waals surface area contributed by atoms with Crippen molar-refractivity contribution in [1.29, 1.82) is 0 Å². The molecule has 2 atom stereocenters. The number of halogens is 9. The lowest BCUT2D eigenvalue weighted by molar-refractivity contribution is -0.143. The number of alkyl halides is 9. The summed E-state index contributed by atoms with van der Waals surface area (Å²) in [5, 5.41) is 7.73. The summed E-state index contributed by atoms with van der Waals surface area (Å²) in [7, 11) is 0. The Hall–Kier alpha value is -3.61. The molecule has 0 bridgehead atoms. The second-order valence-electron chi connectivity index (χ2n) is 9.19. The predicted molar refractivity (Wildman–Crippen MR) is 157 cm³/mol. The first kappa shape index (κ1) is 35.9. The average Bonchev–Trinajstić information content (AvgIpc) is 3.60. The smallest absolute Gasteiger partial charge is 0.347 e. The molecule has 0 saturated carbocycles. The lowest BCUT2D eigenvalue weighted by Gasteiger charge is -2.34. The van der Waals surface area contributed by atoms with E-state index in [0.717, 1.165) is 0 Å². The molecule has 8 nitrogen and oxygen atoms in total. The van der Waals surface area contributed by atoms with Gasteiger partial charge in [0, 0.05) is 42.3 Å². The minimum atomic E-state index is -4.99. The first-order valence-electron chi connectivity index (χ1n) is 13.0. The van der Waals surface area contributed by atoms with Crippen molar-refractivity contribution >= 4 is 46.4 Å². The Morgan fingerprint density at radius 1 is 1.09 bits per heavy atom. The van der Waals surface area contributed by atoms with Gasteiger partial charge in [-0.2, -0.15) is 35.7 Å². The van der Waals surface area contributed by atoms with Crippen molar-refractivity contribution in [3.63, 3.8) is 0 Å². The standard InChI is InChI=1S/C22H18F7N7S.C3H7NS.CH2F2/c1-11-30-20(37-34-11)35-6-4-17(16(23)10-35)31-19-32-18-15(3-2-5-36(18)33-19)12-7-13(21(24,25)26)9-14(8-12)22(27,28)29;1-3-4-5-2;2-1-3/h2-3,5,7-9,16-17H,4,6,10H2,1H3,(H,31,33);3H,1-2H3;1H2/b;4-3+;. The molecule has 1 saturated heterocycles. The van der Waals surface area contributed by atoms with Gasteiger partial charge in [0.15, 0.2) is 5.65 Å². The normalized spacial score (nSPS) is 17.1. The first-order valence-corrected chi connectivity index (χ1v) is 14.9. The Kier molecular flexibility index (Phi) is 12.4. The van der Waals surface area contributed by atoms with E-state index in [2.05, 4.69) is 29.2 Å². The van der Waals surface area contributed by atoms with Crippen molar-refractivity contribution in [2.45, 2.75) is 44.8 Å². The molecule has 0 spiro atoms. The number of aromatic nitrogens is 5. The van der Waals surface area contributed by atoms with Gasteiger partial charge >= 0.3 is 12.4 Å². The number of fused-ring (bicyclic) bond motifs is 1. The van der Waals surface area contributed by atoms with Gasteiger partial charge in [0.05, 0.1) is 23.7 Å². The van der Waals surface area contributed by atoms with Gasteiger partial charge in [0.1, 0.15) is 12.0 Å². The van der Waals surface area contributed by atoms with Gasteiger partial charge in [0.2, 0.25) is 18.0 Å². The maximum atomic E-state index is 15.0. The Balaban J connectivity index is 0.000000620. The molecule has 1 aliphatic heterocycles. The first-order chi connectivity index (χ1) is 21.2. The van der Waals surface area contributed by atoms with Crippen LogP contribution in [0.5, 0.6) is 0 Å². The fourth-order valence-corrected chi connectivity index (χ4v) is 5.15. The Morgan fingerprint density at radius 3 is 2.22 bits per heavy atom. The van der Waals surface area contributed by atoms with Crippen molar-refractivity contribution in [1.82, 2.24) is 24.0 Å². The molecule has 45 heavy (non-hydrogen) atoms. The van der Waals surface area contributed by atoms with E-state index in [1.54, 1.807) is 18.0 Å². The molecule has 1 N–H and O–H groups in total. The molecule has 2 unspecified atom stereocenters. The van der Waals surface area contributed by atoms with Crippen LogP contribution in [0.25, 0.3) is 16.8 Å². The maximum Gasteiger partial charge on any atom is 0.416 e. The van der Waals surface area contributed by atoms with Gasteiger partial charge in [0.25, 0.3) is 0 Å². The zero-order chi connectivity index (χ0) is 33.4. The lowest BCUT2D eigenvalue weighted by Crippen LogP contribution is -2.48. The highest BCUT2D eigenvalue weighted by atomic mass is 32.2. The van der Waals surface area contributed by atoms with Gasteiger partial charge in [-0.3, -0.25) is 0 Å². The summed E-state index contributed by atoms with van der Waals surface area (Å²) in [6.07, 6.45) is -5.76. The molecule has 246 valence electrons. The average molecular weight is 687 g/mol. The maximum absolute atomic E-state index is 15.0. The van der Waals surface area contributed by atoms with Gasteiger partial charge in [-0.15, -0.1) is 5.10 Å². The summed E-state index contributed by atoms with van der Waals surface area (Å²) in [5.74, 6) is 0.604. The summed E-state index contributed by atoms with van der Waals surface area (Å²) in [6.45, 7) is 2.45. The van der Waals surface area contributed by atoms with Crippen LogP contribution in [-0.4, -0.2) is 68.7 Å². The highest BCUT2D eigenvalue weighted by Gasteiger charge is 2.37. The SMILES string of the molecule is C/C=N/SC.Cc1nsc(N2CCC(Nc3nc4c(-c5cc(C(F)(F)F)cc(C(F)(F)F)c5)cccn4n3)C(F)C2)n1.FCF. The summed E-state index contributed by atoms with van der Waals surface area (Å²) in [6, 6.07) is 3.45. The fourth-order valence-electron chi connectivity index (χ4n) is 4.23.